The quantitative estimate of drug-likeness (QED) is 0.298. The average Bonchev–Trinajstić information content (AvgIpc) is 3.32. The minimum absolute atomic E-state index is 0.0927. The van der Waals surface area contributed by atoms with E-state index < -0.39 is 0 Å². The van der Waals surface area contributed by atoms with E-state index in [0.717, 1.165) is 30.1 Å². The third-order valence-corrected chi connectivity index (χ3v) is 13.3. The maximum absolute atomic E-state index is 11.8. The summed E-state index contributed by atoms with van der Waals surface area (Å²) in [7, 11) is 0. The van der Waals surface area contributed by atoms with Crippen LogP contribution in [0.4, 0.5) is 0 Å². The fraction of sp³-hybridized carbons (Fsp3) is 0.906. The number of hydrogen-bond acceptors (Lipinski definition) is 2. The molecule has 5 aliphatic carbocycles. The summed E-state index contributed by atoms with van der Waals surface area (Å²) in [5, 5.41) is 0. The van der Waals surface area contributed by atoms with E-state index in [4.69, 9.17) is 4.74 Å². The number of rotatable bonds is 5. The van der Waals surface area contributed by atoms with Gasteiger partial charge in [0, 0.05) is 12.3 Å². The zero-order chi connectivity index (χ0) is 24.7. The Morgan fingerprint density at radius 2 is 1.56 bits per heavy atom. The Hall–Kier alpha value is -0.790. The summed E-state index contributed by atoms with van der Waals surface area (Å²) in [4.78, 5) is 11.8. The topological polar surface area (TPSA) is 26.3 Å². The Balaban J connectivity index is 1.39. The minimum atomic E-state index is -0.0927. The van der Waals surface area contributed by atoms with Crippen LogP contribution in [0.2, 0.25) is 0 Å². The van der Waals surface area contributed by atoms with Crippen LogP contribution in [0, 0.1) is 50.7 Å². The number of fused-ring (bicyclic) bond motifs is 2. The van der Waals surface area contributed by atoms with E-state index in [2.05, 4.69) is 54.5 Å². The second kappa shape index (κ2) is 7.85. The molecule has 0 saturated heterocycles. The van der Waals surface area contributed by atoms with Crippen LogP contribution >= 0.6 is 0 Å². The van der Waals surface area contributed by atoms with E-state index >= 15 is 0 Å². The van der Waals surface area contributed by atoms with E-state index in [-0.39, 0.29) is 17.5 Å². The van der Waals surface area contributed by atoms with Crippen molar-refractivity contribution in [2.24, 2.45) is 50.7 Å². The molecule has 0 aromatic heterocycles. The molecule has 0 N–H and O–H groups in total. The molecule has 2 heteroatoms. The van der Waals surface area contributed by atoms with Crippen molar-refractivity contribution in [1.82, 2.24) is 0 Å². The standard InChI is InChI=1S/C32H52O2/c1-21(2)10-9-11-22(3)24-14-16-30(8)26-13-12-25-28(5,6)27(34-23(4)33)15-17-31(25)20-32(26,31)19-18-29(24,30)7/h10,22,24-27H,9,11-20H2,1-8H3/t22-,24+,25+,26-,27+,29+,30-,31+,32-/m0/s1. The highest BCUT2D eigenvalue weighted by Crippen LogP contribution is 2.89. The Morgan fingerprint density at radius 1 is 0.882 bits per heavy atom. The molecule has 0 amide bonds. The molecule has 5 aliphatic rings. The smallest absolute Gasteiger partial charge is 0.302 e. The number of hydrogen-bond donors (Lipinski definition) is 0. The van der Waals surface area contributed by atoms with Crippen molar-refractivity contribution in [3.63, 3.8) is 0 Å². The Bertz CT molecular complexity index is 866. The Labute approximate surface area is 210 Å². The molecule has 0 unspecified atom stereocenters. The van der Waals surface area contributed by atoms with Crippen LogP contribution in [0.3, 0.4) is 0 Å². The third kappa shape index (κ3) is 3.14. The van der Waals surface area contributed by atoms with Gasteiger partial charge >= 0.3 is 5.97 Å². The van der Waals surface area contributed by atoms with Gasteiger partial charge in [0.1, 0.15) is 6.10 Å². The zero-order valence-corrected chi connectivity index (χ0v) is 23.6. The van der Waals surface area contributed by atoms with Gasteiger partial charge in [-0.05, 0) is 130 Å². The number of allylic oxidation sites excluding steroid dienone is 2. The highest BCUT2D eigenvalue weighted by atomic mass is 16.5. The molecule has 0 aromatic rings. The molecule has 34 heavy (non-hydrogen) atoms. The van der Waals surface area contributed by atoms with Crippen LogP contribution in [0.5, 0.6) is 0 Å². The number of esters is 1. The Morgan fingerprint density at radius 3 is 2.24 bits per heavy atom. The lowest BCUT2D eigenvalue weighted by molar-refractivity contribution is -0.181. The third-order valence-electron chi connectivity index (χ3n) is 13.3. The largest absolute Gasteiger partial charge is 0.462 e. The molecule has 0 aliphatic heterocycles. The van der Waals surface area contributed by atoms with Crippen LogP contribution in [-0.4, -0.2) is 12.1 Å². The van der Waals surface area contributed by atoms with Crippen LogP contribution in [-0.2, 0) is 9.53 Å². The number of carbonyl (C=O) groups is 1. The molecule has 0 heterocycles. The second-order valence-electron chi connectivity index (χ2n) is 14.9. The lowest BCUT2D eigenvalue weighted by Gasteiger charge is -2.63. The van der Waals surface area contributed by atoms with Crippen molar-refractivity contribution >= 4 is 5.97 Å². The highest BCUT2D eigenvalue weighted by Gasteiger charge is 2.82. The Kier molecular flexibility index (Phi) is 5.75. The fourth-order valence-electron chi connectivity index (χ4n) is 11.5. The van der Waals surface area contributed by atoms with Crippen LogP contribution in [0.1, 0.15) is 126 Å². The maximum Gasteiger partial charge on any atom is 0.302 e. The van der Waals surface area contributed by atoms with E-state index in [1.807, 2.05) is 0 Å². The first kappa shape index (κ1) is 24.9. The molecular formula is C32H52O2. The SMILES string of the molecule is CC(=O)O[C@@H]1CC[C@]23C[C@]24CC[C@]2(C)[C@@H]([C@@H](C)CCC=C(C)C)CC[C@@]2(C)[C@@H]4CC[C@@H]3C1(C)C. The lowest BCUT2D eigenvalue weighted by Crippen LogP contribution is -2.58. The molecule has 2 nitrogen and oxygen atoms in total. The summed E-state index contributed by atoms with van der Waals surface area (Å²) in [5.74, 6) is 3.27. The van der Waals surface area contributed by atoms with Crippen molar-refractivity contribution in [2.45, 2.75) is 132 Å². The fourth-order valence-corrected chi connectivity index (χ4v) is 11.5. The number of ether oxygens (including phenoxy) is 1. The summed E-state index contributed by atoms with van der Waals surface area (Å²) < 4.78 is 5.90. The predicted molar refractivity (Wildman–Crippen MR) is 140 cm³/mol. The van der Waals surface area contributed by atoms with Gasteiger partial charge in [0.25, 0.3) is 0 Å². The van der Waals surface area contributed by atoms with E-state index in [9.17, 15) is 4.79 Å². The van der Waals surface area contributed by atoms with Crippen LogP contribution in [0.25, 0.3) is 0 Å². The first-order valence-electron chi connectivity index (χ1n) is 14.6. The van der Waals surface area contributed by atoms with E-state index in [1.54, 1.807) is 6.92 Å². The first-order valence-corrected chi connectivity index (χ1v) is 14.6. The average molecular weight is 469 g/mol. The van der Waals surface area contributed by atoms with Gasteiger partial charge in [-0.1, -0.05) is 46.3 Å². The molecule has 0 aromatic carbocycles. The summed E-state index contributed by atoms with van der Waals surface area (Å²) in [6.45, 7) is 18.9. The molecule has 5 rings (SSSR count). The molecule has 9 atom stereocenters. The molecule has 5 saturated carbocycles. The van der Waals surface area contributed by atoms with Gasteiger partial charge in [-0.2, -0.15) is 0 Å². The molecule has 0 radical (unpaired) electrons. The predicted octanol–water partition coefficient (Wildman–Crippen LogP) is 8.74. The van der Waals surface area contributed by atoms with Gasteiger partial charge in [0.15, 0.2) is 0 Å². The summed E-state index contributed by atoms with van der Waals surface area (Å²) in [5.41, 5.74) is 3.71. The molecule has 5 fully saturated rings. The van der Waals surface area contributed by atoms with Crippen molar-refractivity contribution < 1.29 is 9.53 Å². The summed E-state index contributed by atoms with van der Waals surface area (Å²) in [6, 6.07) is 0. The van der Waals surface area contributed by atoms with E-state index in [0.29, 0.717) is 21.7 Å². The van der Waals surface area contributed by atoms with E-state index in [1.165, 1.54) is 69.8 Å². The minimum Gasteiger partial charge on any atom is -0.462 e. The highest BCUT2D eigenvalue weighted by molar-refractivity contribution is 5.66. The second-order valence-corrected chi connectivity index (χ2v) is 14.9. The van der Waals surface area contributed by atoms with Crippen molar-refractivity contribution in [3.05, 3.63) is 11.6 Å². The van der Waals surface area contributed by atoms with Crippen molar-refractivity contribution in [1.29, 1.82) is 0 Å². The van der Waals surface area contributed by atoms with Crippen LogP contribution in [0.15, 0.2) is 11.6 Å². The molecule has 192 valence electrons. The zero-order valence-electron chi connectivity index (χ0n) is 23.6. The van der Waals surface area contributed by atoms with Gasteiger partial charge in [-0.15, -0.1) is 0 Å². The molecule has 0 bridgehead atoms. The van der Waals surface area contributed by atoms with Gasteiger partial charge in [-0.25, -0.2) is 0 Å². The molecule has 2 spiro atoms. The summed E-state index contributed by atoms with van der Waals surface area (Å²) >= 11 is 0. The van der Waals surface area contributed by atoms with Crippen molar-refractivity contribution in [2.75, 3.05) is 0 Å². The van der Waals surface area contributed by atoms with Gasteiger partial charge < -0.3 is 4.74 Å². The molecular weight excluding hydrogens is 416 g/mol. The maximum atomic E-state index is 11.8. The van der Waals surface area contributed by atoms with Gasteiger partial charge in [0.2, 0.25) is 0 Å². The van der Waals surface area contributed by atoms with Gasteiger partial charge in [0.05, 0.1) is 0 Å². The summed E-state index contributed by atoms with van der Waals surface area (Å²) in [6.07, 6.45) is 17.6. The number of carbonyl (C=O) groups excluding carboxylic acids is 1. The normalized spacial score (nSPS) is 49.1. The van der Waals surface area contributed by atoms with Gasteiger partial charge in [-0.3, -0.25) is 4.79 Å². The lowest BCUT2D eigenvalue weighted by atomic mass is 9.41. The van der Waals surface area contributed by atoms with Crippen LogP contribution < -0.4 is 0 Å². The monoisotopic (exact) mass is 468 g/mol. The van der Waals surface area contributed by atoms with Crippen molar-refractivity contribution in [3.8, 4) is 0 Å². The first-order chi connectivity index (χ1) is 15.8.